The van der Waals surface area contributed by atoms with Crippen molar-refractivity contribution in [2.45, 2.75) is 55.9 Å². The van der Waals surface area contributed by atoms with Crippen LogP contribution >= 0.6 is 11.9 Å². The molecule has 14 heteroatoms. The highest BCUT2D eigenvalue weighted by molar-refractivity contribution is 7.97. The molecule has 0 saturated carbocycles. The van der Waals surface area contributed by atoms with Gasteiger partial charge in [-0.15, -0.1) is 0 Å². The van der Waals surface area contributed by atoms with Gasteiger partial charge in [-0.05, 0) is 38.8 Å². The molecule has 0 bridgehead atoms. The molecule has 7 nitrogen and oxygen atoms in total. The van der Waals surface area contributed by atoms with Gasteiger partial charge in [0.15, 0.2) is 0 Å². The number of nitrogens with one attached hydrogen (secondary N) is 2. The van der Waals surface area contributed by atoms with Crippen molar-refractivity contribution in [2.24, 2.45) is 0 Å². The van der Waals surface area contributed by atoms with Crippen molar-refractivity contribution in [3.63, 3.8) is 0 Å². The Morgan fingerprint density at radius 1 is 1.03 bits per heavy atom. The van der Waals surface area contributed by atoms with Crippen LogP contribution in [0.2, 0.25) is 0 Å². The molecule has 0 amide bonds. The van der Waals surface area contributed by atoms with Crippen molar-refractivity contribution < 1.29 is 26.3 Å². The van der Waals surface area contributed by atoms with E-state index in [9.17, 15) is 26.3 Å². The predicted octanol–water partition coefficient (Wildman–Crippen LogP) is 4.20. The summed E-state index contributed by atoms with van der Waals surface area (Å²) < 4.78 is 81.3. The highest BCUT2D eigenvalue weighted by atomic mass is 32.2. The van der Waals surface area contributed by atoms with Crippen molar-refractivity contribution in [3.8, 4) is 11.3 Å². The van der Waals surface area contributed by atoms with Crippen LogP contribution in [0.4, 0.5) is 32.3 Å². The molecule has 2 fully saturated rings. The Bertz CT molecular complexity index is 950. The van der Waals surface area contributed by atoms with E-state index in [1.165, 1.54) is 0 Å². The lowest BCUT2D eigenvalue weighted by atomic mass is 10.1. The molecule has 2 saturated heterocycles. The SMILES string of the molecule is FC(F)(F)Cn1cc(-c2nc(NC3CCN(SC4CCNCC4)CC3)ncc2C(F)(F)F)cn1. The second-order valence-corrected chi connectivity index (χ2v) is 9.79. The van der Waals surface area contributed by atoms with Crippen molar-refractivity contribution in [1.82, 2.24) is 29.4 Å². The summed E-state index contributed by atoms with van der Waals surface area (Å²) in [6, 6.07) is -0.0117. The Hall–Kier alpha value is -2.06. The summed E-state index contributed by atoms with van der Waals surface area (Å²) in [5, 5.41) is 10.6. The zero-order chi connectivity index (χ0) is 24.3. The molecule has 2 aromatic heterocycles. The van der Waals surface area contributed by atoms with Crippen LogP contribution in [0, 0.1) is 0 Å². The van der Waals surface area contributed by atoms with E-state index in [0.29, 0.717) is 16.1 Å². The lowest BCUT2D eigenvalue weighted by Gasteiger charge is -2.34. The molecule has 2 aliphatic heterocycles. The fraction of sp³-hybridized carbons (Fsp3) is 0.650. The lowest BCUT2D eigenvalue weighted by Crippen LogP contribution is -2.38. The maximum absolute atomic E-state index is 13.5. The first-order valence-corrected chi connectivity index (χ1v) is 11.8. The number of nitrogens with zero attached hydrogens (tertiary/aromatic N) is 5. The Labute approximate surface area is 196 Å². The van der Waals surface area contributed by atoms with E-state index in [1.807, 2.05) is 11.9 Å². The van der Waals surface area contributed by atoms with Gasteiger partial charge in [0, 0.05) is 42.3 Å². The van der Waals surface area contributed by atoms with E-state index in [2.05, 4.69) is 30.0 Å². The molecule has 4 rings (SSSR count). The minimum Gasteiger partial charge on any atom is -0.351 e. The van der Waals surface area contributed by atoms with Gasteiger partial charge in [0.1, 0.15) is 12.1 Å². The van der Waals surface area contributed by atoms with Crippen LogP contribution in [0.5, 0.6) is 0 Å². The van der Waals surface area contributed by atoms with E-state index in [0.717, 1.165) is 64.3 Å². The smallest absolute Gasteiger partial charge is 0.351 e. The maximum Gasteiger partial charge on any atom is 0.419 e. The third-order valence-corrected chi connectivity index (χ3v) is 7.15. The van der Waals surface area contributed by atoms with Crippen molar-refractivity contribution >= 4 is 17.9 Å². The molecule has 0 atom stereocenters. The normalized spacial score (nSPS) is 19.5. The first kappa shape index (κ1) is 25.0. The molecule has 0 radical (unpaired) electrons. The second kappa shape index (κ2) is 10.3. The average molecular weight is 510 g/mol. The van der Waals surface area contributed by atoms with Gasteiger partial charge in [0.2, 0.25) is 5.95 Å². The second-order valence-electron chi connectivity index (χ2n) is 8.40. The van der Waals surface area contributed by atoms with Crippen LogP contribution in [-0.4, -0.2) is 67.7 Å². The number of rotatable bonds is 6. The molecule has 2 aromatic rings. The van der Waals surface area contributed by atoms with Crippen molar-refractivity contribution in [3.05, 3.63) is 24.2 Å². The van der Waals surface area contributed by atoms with E-state index < -0.39 is 30.2 Å². The minimum absolute atomic E-state index is 0.0102. The highest BCUT2D eigenvalue weighted by Crippen LogP contribution is 2.36. The van der Waals surface area contributed by atoms with Crippen molar-refractivity contribution in [1.29, 1.82) is 0 Å². The molecule has 2 aliphatic rings. The molecule has 0 unspecified atom stereocenters. The van der Waals surface area contributed by atoms with Gasteiger partial charge in [0.25, 0.3) is 0 Å². The summed E-state index contributed by atoms with van der Waals surface area (Å²) in [5.74, 6) is 0.0102. The van der Waals surface area contributed by atoms with Gasteiger partial charge in [-0.25, -0.2) is 9.97 Å². The van der Waals surface area contributed by atoms with Gasteiger partial charge in [0.05, 0.1) is 11.9 Å². The van der Waals surface area contributed by atoms with E-state index in [1.54, 1.807) is 0 Å². The quantitative estimate of drug-likeness (QED) is 0.447. The van der Waals surface area contributed by atoms with Crippen LogP contribution in [0.15, 0.2) is 18.6 Å². The number of alkyl halides is 6. The van der Waals surface area contributed by atoms with Gasteiger partial charge in [-0.2, -0.15) is 31.4 Å². The largest absolute Gasteiger partial charge is 0.419 e. The number of anilines is 1. The number of halogens is 6. The Morgan fingerprint density at radius 2 is 1.74 bits per heavy atom. The van der Waals surface area contributed by atoms with Crippen LogP contribution in [0.1, 0.15) is 31.2 Å². The van der Waals surface area contributed by atoms with E-state index in [4.69, 9.17) is 0 Å². The molecule has 4 heterocycles. The van der Waals surface area contributed by atoms with Crippen LogP contribution in [-0.2, 0) is 12.7 Å². The monoisotopic (exact) mass is 509 g/mol. The predicted molar refractivity (Wildman–Crippen MR) is 116 cm³/mol. The van der Waals surface area contributed by atoms with Crippen molar-refractivity contribution in [2.75, 3.05) is 31.5 Å². The molecular weight excluding hydrogens is 484 g/mol. The molecular formula is C20H25F6N7S. The first-order chi connectivity index (χ1) is 16.1. The van der Waals surface area contributed by atoms with Gasteiger partial charge in [-0.1, -0.05) is 11.9 Å². The van der Waals surface area contributed by atoms with Gasteiger partial charge in [-0.3, -0.25) is 8.99 Å². The maximum atomic E-state index is 13.5. The highest BCUT2D eigenvalue weighted by Gasteiger charge is 2.36. The van der Waals surface area contributed by atoms with Gasteiger partial charge >= 0.3 is 12.4 Å². The Morgan fingerprint density at radius 3 is 2.38 bits per heavy atom. The summed E-state index contributed by atoms with van der Waals surface area (Å²) >= 11 is 1.88. The third kappa shape index (κ3) is 6.75. The zero-order valence-corrected chi connectivity index (χ0v) is 19.0. The fourth-order valence-corrected chi connectivity index (χ4v) is 5.32. The Balaban J connectivity index is 1.43. The zero-order valence-electron chi connectivity index (χ0n) is 18.2. The van der Waals surface area contributed by atoms with Gasteiger partial charge < -0.3 is 10.6 Å². The summed E-state index contributed by atoms with van der Waals surface area (Å²) in [5.41, 5.74) is -1.79. The van der Waals surface area contributed by atoms with Crippen LogP contribution in [0.3, 0.4) is 0 Å². The molecule has 0 aliphatic carbocycles. The van der Waals surface area contributed by atoms with Crippen LogP contribution in [0.25, 0.3) is 11.3 Å². The molecule has 188 valence electrons. The number of aromatic nitrogens is 4. The molecule has 0 aromatic carbocycles. The number of piperidine rings is 2. The lowest BCUT2D eigenvalue weighted by molar-refractivity contribution is -0.142. The minimum atomic E-state index is -4.77. The average Bonchev–Trinajstić information content (AvgIpc) is 3.22. The standard InChI is InChI=1S/C20H25F6N7S/c21-19(22,23)12-32-11-13(9-29-32)17-16(20(24,25)26)10-28-18(31-17)30-14-3-7-33(8-4-14)34-15-1-5-27-6-2-15/h9-11,14-15,27H,1-8,12H2,(H,28,30,31). The molecule has 34 heavy (non-hydrogen) atoms. The third-order valence-electron chi connectivity index (χ3n) is 5.71. The summed E-state index contributed by atoms with van der Waals surface area (Å²) in [4.78, 5) is 7.85. The molecule has 0 spiro atoms. The Kier molecular flexibility index (Phi) is 7.57. The fourth-order valence-electron chi connectivity index (χ4n) is 4.03. The van der Waals surface area contributed by atoms with E-state index >= 15 is 0 Å². The number of hydrogen-bond acceptors (Lipinski definition) is 7. The number of hydrogen-bond donors (Lipinski definition) is 2. The summed E-state index contributed by atoms with van der Waals surface area (Å²) in [7, 11) is 0. The molecule has 2 N–H and O–H groups in total. The van der Waals surface area contributed by atoms with E-state index in [-0.39, 0.29) is 17.6 Å². The first-order valence-electron chi connectivity index (χ1n) is 11.0. The summed E-state index contributed by atoms with van der Waals surface area (Å²) in [6.07, 6.45) is -2.98. The summed E-state index contributed by atoms with van der Waals surface area (Å²) in [6.45, 7) is 2.32. The topological polar surface area (TPSA) is 70.9 Å². The van der Waals surface area contributed by atoms with Crippen LogP contribution < -0.4 is 10.6 Å².